The lowest BCUT2D eigenvalue weighted by atomic mass is 10.2. The van der Waals surface area contributed by atoms with Crippen molar-refractivity contribution in [1.29, 1.82) is 0 Å². The highest BCUT2D eigenvalue weighted by Gasteiger charge is 2.35. The van der Waals surface area contributed by atoms with Crippen LogP contribution in [0.1, 0.15) is 41.4 Å². The van der Waals surface area contributed by atoms with Gasteiger partial charge in [-0.2, -0.15) is 0 Å². The second kappa shape index (κ2) is 6.44. The summed E-state index contributed by atoms with van der Waals surface area (Å²) in [4.78, 5) is 35.1. The first-order valence-electron chi connectivity index (χ1n) is 8.24. The average molecular weight is 358 g/mol. The summed E-state index contributed by atoms with van der Waals surface area (Å²) in [5.41, 5.74) is 0.430. The molecule has 0 spiro atoms. The van der Waals surface area contributed by atoms with Crippen molar-refractivity contribution in [2.45, 2.75) is 31.2 Å². The topological polar surface area (TPSA) is 84.4 Å². The number of esters is 1. The molecule has 8 heteroatoms. The first-order valence-corrected chi connectivity index (χ1v) is 9.12. The van der Waals surface area contributed by atoms with Crippen molar-refractivity contribution >= 4 is 34.0 Å². The molecule has 1 atom stereocenters. The number of nitrogens with one attached hydrogen (secondary N) is 1. The summed E-state index contributed by atoms with van der Waals surface area (Å²) < 4.78 is 4.79. The van der Waals surface area contributed by atoms with Crippen molar-refractivity contribution in [3.8, 4) is 0 Å². The minimum absolute atomic E-state index is 0.0563. The van der Waals surface area contributed by atoms with Crippen LogP contribution in [0.2, 0.25) is 0 Å². The van der Waals surface area contributed by atoms with Crippen LogP contribution in [0, 0.1) is 0 Å². The fraction of sp³-hybridized carbons (Fsp3) is 0.412. The van der Waals surface area contributed by atoms with Crippen molar-refractivity contribution in [2.24, 2.45) is 0 Å². The molecule has 1 amide bonds. The van der Waals surface area contributed by atoms with Crippen LogP contribution in [0.15, 0.2) is 23.7 Å². The maximum absolute atomic E-state index is 12.8. The Labute approximate surface area is 149 Å². The van der Waals surface area contributed by atoms with Crippen LogP contribution in [0.4, 0.5) is 10.8 Å². The van der Waals surface area contributed by atoms with Gasteiger partial charge in [0.2, 0.25) is 5.91 Å². The van der Waals surface area contributed by atoms with Crippen LogP contribution in [-0.2, 0) is 9.53 Å². The maximum Gasteiger partial charge on any atom is 0.340 e. The quantitative estimate of drug-likeness (QED) is 0.827. The van der Waals surface area contributed by atoms with E-state index in [9.17, 15) is 9.59 Å². The largest absolute Gasteiger partial charge is 0.465 e. The van der Waals surface area contributed by atoms with Gasteiger partial charge in [0.15, 0.2) is 0 Å². The molecule has 0 bridgehead atoms. The highest BCUT2D eigenvalue weighted by Crippen LogP contribution is 2.38. The number of carbonyl (C=O) groups excluding carboxylic acids is 2. The van der Waals surface area contributed by atoms with E-state index in [2.05, 4.69) is 15.3 Å². The number of amides is 1. The summed E-state index contributed by atoms with van der Waals surface area (Å²) in [6.45, 7) is 0.557. The predicted octanol–water partition coefficient (Wildman–Crippen LogP) is 2.42. The van der Waals surface area contributed by atoms with Crippen LogP contribution in [0.3, 0.4) is 0 Å². The molecule has 2 aromatic rings. The van der Waals surface area contributed by atoms with Crippen LogP contribution >= 0.6 is 11.3 Å². The number of carbonyl (C=O) groups is 2. The zero-order valence-corrected chi connectivity index (χ0v) is 14.6. The number of aromatic nitrogens is 2. The minimum atomic E-state index is -0.426. The summed E-state index contributed by atoms with van der Waals surface area (Å²) in [5, 5.41) is 5.65. The molecule has 1 saturated carbocycles. The molecular formula is C17H18N4O3S. The first kappa shape index (κ1) is 16.0. The van der Waals surface area contributed by atoms with Gasteiger partial charge >= 0.3 is 5.97 Å². The highest BCUT2D eigenvalue weighted by molar-refractivity contribution is 7.14. The van der Waals surface area contributed by atoms with E-state index in [1.807, 2.05) is 0 Å². The Morgan fingerprint density at radius 1 is 1.36 bits per heavy atom. The molecule has 1 unspecified atom stereocenters. The van der Waals surface area contributed by atoms with Gasteiger partial charge in [-0.15, -0.1) is 11.3 Å². The lowest BCUT2D eigenvalue weighted by Crippen LogP contribution is -2.34. The van der Waals surface area contributed by atoms with Gasteiger partial charge in [0.1, 0.15) is 22.7 Å². The third kappa shape index (κ3) is 3.09. The smallest absolute Gasteiger partial charge is 0.340 e. The number of methoxy groups -OCH3 is 1. The predicted molar refractivity (Wildman–Crippen MR) is 94.0 cm³/mol. The molecule has 2 aliphatic rings. The number of hydrogen-bond donors (Lipinski definition) is 1. The van der Waals surface area contributed by atoms with Crippen LogP contribution in [0.5, 0.6) is 0 Å². The van der Waals surface area contributed by atoms with Crippen molar-refractivity contribution in [2.75, 3.05) is 23.9 Å². The number of ether oxygens (including phenoxy) is 1. The van der Waals surface area contributed by atoms with Gasteiger partial charge in [-0.1, -0.05) is 0 Å². The van der Waals surface area contributed by atoms with E-state index in [-0.39, 0.29) is 11.9 Å². The molecule has 2 fully saturated rings. The number of hydrogen-bond acceptors (Lipinski definition) is 7. The zero-order chi connectivity index (χ0) is 17.4. The molecule has 3 heterocycles. The summed E-state index contributed by atoms with van der Waals surface area (Å²) in [6.07, 6.45) is 4.65. The molecule has 1 saturated heterocycles. The van der Waals surface area contributed by atoms with Crippen LogP contribution < -0.4 is 10.2 Å². The molecule has 25 heavy (non-hydrogen) atoms. The summed E-state index contributed by atoms with van der Waals surface area (Å²) in [7, 11) is 1.34. The van der Waals surface area contributed by atoms with Gasteiger partial charge in [0, 0.05) is 18.7 Å². The normalized spacial score (nSPS) is 20.0. The summed E-state index contributed by atoms with van der Waals surface area (Å²) in [5.74, 6) is 1.51. The Hall–Kier alpha value is -2.48. The number of anilines is 2. The van der Waals surface area contributed by atoms with Crippen molar-refractivity contribution in [3.05, 3.63) is 35.1 Å². The summed E-state index contributed by atoms with van der Waals surface area (Å²) in [6, 6.07) is 3.12. The lowest BCUT2D eigenvalue weighted by molar-refractivity contribution is -0.117. The van der Waals surface area contributed by atoms with E-state index in [0.717, 1.165) is 18.7 Å². The van der Waals surface area contributed by atoms with Crippen molar-refractivity contribution in [3.63, 3.8) is 0 Å². The Morgan fingerprint density at radius 3 is 2.96 bits per heavy atom. The lowest BCUT2D eigenvalue weighted by Gasteiger charge is -2.17. The van der Waals surface area contributed by atoms with Gasteiger partial charge in [0.25, 0.3) is 0 Å². The molecule has 130 valence electrons. The maximum atomic E-state index is 12.8. The summed E-state index contributed by atoms with van der Waals surface area (Å²) >= 11 is 1.37. The van der Waals surface area contributed by atoms with Gasteiger partial charge in [-0.25, -0.2) is 14.8 Å². The van der Waals surface area contributed by atoms with E-state index < -0.39 is 5.97 Å². The van der Waals surface area contributed by atoms with E-state index in [0.29, 0.717) is 35.3 Å². The fourth-order valence-electron chi connectivity index (χ4n) is 2.96. The molecule has 7 nitrogen and oxygen atoms in total. The standard InChI is InChI=1S/C17H18N4O3S/c1-24-17(23)11-6-9-25-16(11)21-8-5-12(15(21)22)19-13-4-7-18-14(20-13)10-2-3-10/h4,6-7,9-10,12H,2-3,5,8H2,1H3,(H,18,19,20). The molecule has 1 aliphatic heterocycles. The second-order valence-corrected chi connectivity index (χ2v) is 7.08. The Morgan fingerprint density at radius 2 is 2.20 bits per heavy atom. The van der Waals surface area contributed by atoms with Gasteiger partial charge in [-0.05, 0) is 36.8 Å². The number of thiophene rings is 1. The van der Waals surface area contributed by atoms with Crippen LogP contribution in [-0.4, -0.2) is 41.5 Å². The number of rotatable bonds is 5. The third-order valence-electron chi connectivity index (χ3n) is 4.44. The van der Waals surface area contributed by atoms with Crippen LogP contribution in [0.25, 0.3) is 0 Å². The average Bonchev–Trinajstić information content (AvgIpc) is 3.28. The van der Waals surface area contributed by atoms with E-state index in [4.69, 9.17) is 4.74 Å². The third-order valence-corrected chi connectivity index (χ3v) is 5.38. The minimum Gasteiger partial charge on any atom is -0.465 e. The zero-order valence-electron chi connectivity index (χ0n) is 13.8. The Bertz CT molecular complexity index is 818. The Balaban J connectivity index is 1.49. The molecular weight excluding hydrogens is 340 g/mol. The second-order valence-electron chi connectivity index (χ2n) is 6.18. The molecule has 1 aliphatic carbocycles. The van der Waals surface area contributed by atoms with Crippen molar-refractivity contribution in [1.82, 2.24) is 9.97 Å². The monoisotopic (exact) mass is 358 g/mol. The van der Waals surface area contributed by atoms with E-state index >= 15 is 0 Å². The Kier molecular flexibility index (Phi) is 4.12. The first-order chi connectivity index (χ1) is 12.2. The SMILES string of the molecule is COC(=O)c1ccsc1N1CCC(Nc2ccnc(C3CC3)n2)C1=O. The van der Waals surface area contributed by atoms with E-state index in [1.165, 1.54) is 18.4 Å². The van der Waals surface area contributed by atoms with Gasteiger partial charge in [0.05, 0.1) is 12.7 Å². The number of nitrogens with zero attached hydrogens (tertiary/aromatic N) is 3. The molecule has 1 N–H and O–H groups in total. The van der Waals surface area contributed by atoms with Gasteiger partial charge < -0.3 is 15.0 Å². The fourth-order valence-corrected chi connectivity index (χ4v) is 3.88. The van der Waals surface area contributed by atoms with Crippen molar-refractivity contribution < 1.29 is 14.3 Å². The molecule has 0 radical (unpaired) electrons. The van der Waals surface area contributed by atoms with Gasteiger partial charge in [-0.3, -0.25) is 4.79 Å². The highest BCUT2D eigenvalue weighted by atomic mass is 32.1. The van der Waals surface area contributed by atoms with E-state index in [1.54, 1.807) is 28.6 Å². The molecule has 0 aromatic carbocycles. The molecule has 2 aromatic heterocycles. The molecule has 4 rings (SSSR count).